The lowest BCUT2D eigenvalue weighted by Crippen LogP contribution is -2.39. The molecule has 0 aliphatic carbocycles. The molecule has 2 rings (SSSR count). The van der Waals surface area contributed by atoms with Crippen LogP contribution in [-0.4, -0.2) is 42.9 Å². The molecule has 2 aromatic rings. The summed E-state index contributed by atoms with van der Waals surface area (Å²) in [5, 5.41) is 6.35. The highest BCUT2D eigenvalue weighted by Crippen LogP contribution is 2.25. The average molecular weight is 370 g/mol. The predicted molar refractivity (Wildman–Crippen MR) is 105 cm³/mol. The molecule has 1 aromatic carbocycles. The van der Waals surface area contributed by atoms with Gasteiger partial charge in [0.05, 0.1) is 18.5 Å². The summed E-state index contributed by atoms with van der Waals surface area (Å²) < 4.78 is 6.98. The van der Waals surface area contributed by atoms with Crippen LogP contribution in [0.5, 0.6) is 0 Å². The van der Waals surface area contributed by atoms with Crippen LogP contribution in [0.15, 0.2) is 29.4 Å². The highest BCUT2D eigenvalue weighted by atomic mass is 16.5. The number of hydrazone groups is 1. The van der Waals surface area contributed by atoms with E-state index in [0.29, 0.717) is 6.61 Å². The van der Waals surface area contributed by atoms with Crippen LogP contribution < -0.4 is 10.7 Å². The summed E-state index contributed by atoms with van der Waals surface area (Å²) in [6.45, 7) is 8.79. The molecule has 144 valence electrons. The summed E-state index contributed by atoms with van der Waals surface area (Å²) in [7, 11) is 1.52. The first-order valence-corrected chi connectivity index (χ1v) is 8.72. The summed E-state index contributed by atoms with van der Waals surface area (Å²) in [5.41, 5.74) is 8.70. The van der Waals surface area contributed by atoms with Crippen LogP contribution in [0.1, 0.15) is 28.1 Å². The van der Waals surface area contributed by atoms with Gasteiger partial charge in [-0.3, -0.25) is 9.59 Å². The zero-order chi connectivity index (χ0) is 20.0. The summed E-state index contributed by atoms with van der Waals surface area (Å²) in [5.74, 6) is -1.56. The molecule has 0 unspecified atom stereocenters. The largest absolute Gasteiger partial charge is 0.383 e. The van der Waals surface area contributed by atoms with Gasteiger partial charge >= 0.3 is 11.8 Å². The van der Waals surface area contributed by atoms with Gasteiger partial charge in [-0.25, -0.2) is 5.43 Å². The van der Waals surface area contributed by atoms with Crippen LogP contribution in [0.3, 0.4) is 0 Å². The quantitative estimate of drug-likeness (QED) is 0.353. The lowest BCUT2D eigenvalue weighted by molar-refractivity contribution is -0.139. The van der Waals surface area contributed by atoms with E-state index in [1.165, 1.54) is 18.2 Å². The summed E-state index contributed by atoms with van der Waals surface area (Å²) >= 11 is 0. The third-order valence-corrected chi connectivity index (χ3v) is 4.30. The Hall–Kier alpha value is -2.93. The maximum Gasteiger partial charge on any atom is 0.329 e. The topological polar surface area (TPSA) is 84.7 Å². The molecule has 2 N–H and O–H groups in total. The minimum absolute atomic E-state index is 0.267. The molecule has 2 amide bonds. The molecule has 0 saturated carbocycles. The van der Waals surface area contributed by atoms with E-state index in [2.05, 4.69) is 46.4 Å². The number of carbonyl (C=O) groups is 2. The average Bonchev–Trinajstić information content (AvgIpc) is 2.89. The van der Waals surface area contributed by atoms with E-state index in [1.54, 1.807) is 6.21 Å². The van der Waals surface area contributed by atoms with Crippen LogP contribution in [0.2, 0.25) is 0 Å². The fourth-order valence-corrected chi connectivity index (χ4v) is 2.98. The second kappa shape index (κ2) is 9.14. The molecular weight excluding hydrogens is 344 g/mol. The number of amides is 2. The number of para-hydroxylation sites is 1. The number of aryl methyl sites for hydroxylation is 3. The minimum Gasteiger partial charge on any atom is -0.383 e. The molecule has 0 saturated heterocycles. The van der Waals surface area contributed by atoms with Crippen LogP contribution >= 0.6 is 0 Å². The van der Waals surface area contributed by atoms with E-state index in [-0.39, 0.29) is 6.54 Å². The lowest BCUT2D eigenvalue weighted by Gasteiger charge is -2.15. The summed E-state index contributed by atoms with van der Waals surface area (Å²) in [4.78, 5) is 23.3. The lowest BCUT2D eigenvalue weighted by atomic mass is 10.1. The fourth-order valence-electron chi connectivity index (χ4n) is 2.98. The molecule has 0 aliphatic rings. The van der Waals surface area contributed by atoms with Crippen molar-refractivity contribution in [2.45, 2.75) is 27.7 Å². The van der Waals surface area contributed by atoms with Crippen LogP contribution in [0.25, 0.3) is 5.69 Å². The first-order valence-electron chi connectivity index (χ1n) is 8.72. The van der Waals surface area contributed by atoms with E-state index >= 15 is 0 Å². The SMILES string of the molecule is COCCNC(=O)C(=O)N/N=C/c1cc(C)n(-c2c(C)cccc2C)c1C. The minimum atomic E-state index is -0.814. The Morgan fingerprint density at radius 2 is 1.81 bits per heavy atom. The highest BCUT2D eigenvalue weighted by molar-refractivity contribution is 6.35. The number of nitrogens with zero attached hydrogens (tertiary/aromatic N) is 2. The first-order chi connectivity index (χ1) is 12.9. The molecule has 0 atom stereocenters. The summed E-state index contributed by atoms with van der Waals surface area (Å²) in [6, 6.07) is 8.20. The zero-order valence-corrected chi connectivity index (χ0v) is 16.4. The zero-order valence-electron chi connectivity index (χ0n) is 16.4. The van der Waals surface area contributed by atoms with Gasteiger partial charge in [-0.05, 0) is 44.9 Å². The molecule has 1 aromatic heterocycles. The Kier molecular flexibility index (Phi) is 6.90. The van der Waals surface area contributed by atoms with Gasteiger partial charge in [0.15, 0.2) is 0 Å². The first kappa shape index (κ1) is 20.4. The monoisotopic (exact) mass is 370 g/mol. The van der Waals surface area contributed by atoms with Crippen LogP contribution in [-0.2, 0) is 14.3 Å². The number of nitrogens with one attached hydrogen (secondary N) is 2. The van der Waals surface area contributed by atoms with Crippen molar-refractivity contribution < 1.29 is 14.3 Å². The number of hydrogen-bond acceptors (Lipinski definition) is 4. The highest BCUT2D eigenvalue weighted by Gasteiger charge is 2.14. The number of benzene rings is 1. The van der Waals surface area contributed by atoms with Crippen molar-refractivity contribution in [1.82, 2.24) is 15.3 Å². The van der Waals surface area contributed by atoms with Gasteiger partial charge in [0, 0.05) is 30.6 Å². The van der Waals surface area contributed by atoms with E-state index in [1.807, 2.05) is 26.0 Å². The van der Waals surface area contributed by atoms with Gasteiger partial charge in [0.25, 0.3) is 0 Å². The van der Waals surface area contributed by atoms with E-state index in [4.69, 9.17) is 4.74 Å². The van der Waals surface area contributed by atoms with E-state index in [0.717, 1.165) is 22.6 Å². The molecule has 7 heteroatoms. The predicted octanol–water partition coefficient (Wildman–Crippen LogP) is 1.92. The van der Waals surface area contributed by atoms with E-state index < -0.39 is 11.8 Å². The van der Waals surface area contributed by atoms with E-state index in [9.17, 15) is 9.59 Å². The Balaban J connectivity index is 2.14. The number of rotatable bonds is 6. The normalized spacial score (nSPS) is 11.0. The van der Waals surface area contributed by atoms with Crippen LogP contribution in [0.4, 0.5) is 0 Å². The molecule has 1 heterocycles. The maximum atomic E-state index is 11.7. The molecule has 0 radical (unpaired) electrons. The van der Waals surface area contributed by atoms with Crippen molar-refractivity contribution in [3.8, 4) is 5.69 Å². The Bertz CT molecular complexity index is 848. The second-order valence-electron chi connectivity index (χ2n) is 6.35. The van der Waals surface area contributed by atoms with Crippen molar-refractivity contribution in [3.05, 3.63) is 52.3 Å². The number of hydrogen-bond donors (Lipinski definition) is 2. The standard InChI is InChI=1S/C20H26N4O3/c1-13-7-6-8-14(2)18(13)24-15(3)11-17(16(24)4)12-22-23-20(26)19(25)21-9-10-27-5/h6-8,11-12H,9-10H2,1-5H3,(H,21,25)(H,23,26)/b22-12+. The van der Waals surface area contributed by atoms with Crippen molar-refractivity contribution in [3.63, 3.8) is 0 Å². The molecule has 0 fully saturated rings. The Morgan fingerprint density at radius 1 is 1.15 bits per heavy atom. The van der Waals surface area contributed by atoms with Gasteiger partial charge in [-0.15, -0.1) is 0 Å². The van der Waals surface area contributed by atoms with Gasteiger partial charge in [0.2, 0.25) is 0 Å². The molecule has 7 nitrogen and oxygen atoms in total. The maximum absolute atomic E-state index is 11.7. The Morgan fingerprint density at radius 3 is 2.44 bits per heavy atom. The third kappa shape index (κ3) is 4.83. The number of methoxy groups -OCH3 is 1. The molecule has 0 spiro atoms. The van der Waals surface area contributed by atoms with Crippen molar-refractivity contribution in [1.29, 1.82) is 0 Å². The fraction of sp³-hybridized carbons (Fsp3) is 0.350. The second-order valence-corrected chi connectivity index (χ2v) is 6.35. The van der Waals surface area contributed by atoms with Gasteiger partial charge in [-0.1, -0.05) is 18.2 Å². The molecular formula is C20H26N4O3. The number of aromatic nitrogens is 1. The van der Waals surface area contributed by atoms with Crippen molar-refractivity contribution in [2.75, 3.05) is 20.3 Å². The third-order valence-electron chi connectivity index (χ3n) is 4.30. The van der Waals surface area contributed by atoms with Gasteiger partial charge in [-0.2, -0.15) is 5.10 Å². The summed E-state index contributed by atoms with van der Waals surface area (Å²) in [6.07, 6.45) is 1.55. The molecule has 0 bridgehead atoms. The van der Waals surface area contributed by atoms with Gasteiger partial charge in [0.1, 0.15) is 0 Å². The number of ether oxygens (including phenoxy) is 1. The Labute approximate surface area is 159 Å². The molecule has 0 aliphatic heterocycles. The van der Waals surface area contributed by atoms with Crippen molar-refractivity contribution >= 4 is 18.0 Å². The smallest absolute Gasteiger partial charge is 0.329 e. The van der Waals surface area contributed by atoms with Gasteiger partial charge < -0.3 is 14.6 Å². The molecule has 27 heavy (non-hydrogen) atoms. The van der Waals surface area contributed by atoms with Crippen LogP contribution in [0, 0.1) is 27.7 Å². The number of carbonyl (C=O) groups excluding carboxylic acids is 2. The van der Waals surface area contributed by atoms with Crippen molar-refractivity contribution in [2.24, 2.45) is 5.10 Å².